The summed E-state index contributed by atoms with van der Waals surface area (Å²) in [6.45, 7) is 2.81. The normalized spacial score (nSPS) is 23.2. The van der Waals surface area contributed by atoms with Crippen molar-refractivity contribution in [3.8, 4) is 16.9 Å². The van der Waals surface area contributed by atoms with Gasteiger partial charge in [-0.3, -0.25) is 19.3 Å². The van der Waals surface area contributed by atoms with E-state index in [1.54, 1.807) is 12.1 Å². The van der Waals surface area contributed by atoms with Crippen LogP contribution in [0.15, 0.2) is 30.3 Å². The topological polar surface area (TPSA) is 93.1 Å². The predicted molar refractivity (Wildman–Crippen MR) is 130 cm³/mol. The molecule has 0 spiro atoms. The summed E-state index contributed by atoms with van der Waals surface area (Å²) in [4.78, 5) is 39.9. The summed E-state index contributed by atoms with van der Waals surface area (Å²) in [5, 5.41) is 9.15. The highest BCUT2D eigenvalue weighted by atomic mass is 16.5. The first kappa shape index (κ1) is 23.7. The number of hydrogen-bond acceptors (Lipinski definition) is 7. The average Bonchev–Trinajstić information content (AvgIpc) is 3.23. The molecule has 2 heterocycles. The van der Waals surface area contributed by atoms with Crippen LogP contribution in [0.5, 0.6) is 5.75 Å². The van der Waals surface area contributed by atoms with Gasteiger partial charge in [-0.1, -0.05) is 19.1 Å². The van der Waals surface area contributed by atoms with Gasteiger partial charge in [0.15, 0.2) is 18.2 Å². The Balaban J connectivity index is 1.28. The lowest BCUT2D eigenvalue weighted by Crippen LogP contribution is -2.35. The molecule has 0 aromatic heterocycles. The van der Waals surface area contributed by atoms with Crippen LogP contribution in [-0.4, -0.2) is 60.4 Å². The molecule has 1 N–H and O–H groups in total. The van der Waals surface area contributed by atoms with Crippen molar-refractivity contribution in [1.82, 2.24) is 4.90 Å². The van der Waals surface area contributed by atoms with Gasteiger partial charge in [-0.05, 0) is 73.5 Å². The van der Waals surface area contributed by atoms with Crippen LogP contribution < -0.4 is 4.74 Å². The zero-order chi connectivity index (χ0) is 24.7. The minimum Gasteiger partial charge on any atom is -0.488 e. The minimum absolute atomic E-state index is 0.0372. The van der Waals surface area contributed by atoms with E-state index in [9.17, 15) is 14.4 Å². The lowest BCUT2D eigenvalue weighted by molar-refractivity contribution is -0.147. The van der Waals surface area contributed by atoms with Crippen molar-refractivity contribution in [2.45, 2.75) is 45.3 Å². The van der Waals surface area contributed by atoms with E-state index in [-0.39, 0.29) is 42.7 Å². The maximum Gasteiger partial charge on any atom is 0.323 e. The van der Waals surface area contributed by atoms with Gasteiger partial charge < -0.3 is 14.6 Å². The molecule has 7 heteroatoms. The summed E-state index contributed by atoms with van der Waals surface area (Å²) in [7, 11) is 1.86. The van der Waals surface area contributed by atoms with Crippen molar-refractivity contribution < 1.29 is 29.0 Å². The molecule has 0 saturated carbocycles. The summed E-state index contributed by atoms with van der Waals surface area (Å²) in [6.07, 6.45) is 3.01. The van der Waals surface area contributed by atoms with Crippen LogP contribution in [0, 0.1) is 11.8 Å². The summed E-state index contributed by atoms with van der Waals surface area (Å²) in [5.74, 6) is 0.511. The quantitative estimate of drug-likeness (QED) is 0.503. The fourth-order valence-corrected chi connectivity index (χ4v) is 5.55. The number of benzene rings is 2. The molecular weight excluding hydrogens is 446 g/mol. The van der Waals surface area contributed by atoms with Crippen LogP contribution in [0.4, 0.5) is 0 Å². The van der Waals surface area contributed by atoms with E-state index >= 15 is 0 Å². The number of ketones is 2. The molecule has 3 aliphatic rings. The van der Waals surface area contributed by atoms with Crippen molar-refractivity contribution in [3.05, 3.63) is 52.6 Å². The predicted octanol–water partition coefficient (Wildman–Crippen LogP) is 3.44. The fourth-order valence-electron chi connectivity index (χ4n) is 5.55. The Bertz CT molecular complexity index is 1190. The second kappa shape index (κ2) is 9.55. The summed E-state index contributed by atoms with van der Waals surface area (Å²) >= 11 is 0. The van der Waals surface area contributed by atoms with E-state index in [2.05, 4.69) is 6.07 Å². The number of carbonyl (C=O) groups is 3. The van der Waals surface area contributed by atoms with Crippen molar-refractivity contribution in [1.29, 1.82) is 0 Å². The SMILES string of the molecule is CC1CCc2cc3c(cc2C1=O)OCc1cc(C(=O)COC(=O)[C@@H]2C[C@H](CCO)CN2C)ccc1-3. The largest absolute Gasteiger partial charge is 0.488 e. The summed E-state index contributed by atoms with van der Waals surface area (Å²) in [6, 6.07) is 9.02. The molecule has 1 fully saturated rings. The van der Waals surface area contributed by atoms with Crippen LogP contribution in [0.2, 0.25) is 0 Å². The number of aliphatic hydroxyl groups is 1. The smallest absolute Gasteiger partial charge is 0.323 e. The molecule has 1 unspecified atom stereocenters. The van der Waals surface area contributed by atoms with E-state index < -0.39 is 5.97 Å². The third kappa shape index (κ3) is 4.50. The number of Topliss-reactive ketones (excluding diaryl/α,β-unsaturated/α-hetero) is 2. The molecule has 7 nitrogen and oxygen atoms in total. The highest BCUT2D eigenvalue weighted by Gasteiger charge is 2.35. The zero-order valence-electron chi connectivity index (χ0n) is 20.2. The van der Waals surface area contributed by atoms with Crippen LogP contribution in [0.1, 0.15) is 58.0 Å². The van der Waals surface area contributed by atoms with Crippen LogP contribution in [0.3, 0.4) is 0 Å². The Morgan fingerprint density at radius 1 is 1.14 bits per heavy atom. The second-order valence-corrected chi connectivity index (χ2v) is 10.1. The molecule has 184 valence electrons. The van der Waals surface area contributed by atoms with E-state index in [0.29, 0.717) is 30.8 Å². The van der Waals surface area contributed by atoms with Crippen molar-refractivity contribution in [2.24, 2.45) is 11.8 Å². The number of carbonyl (C=O) groups excluding carboxylic acids is 3. The summed E-state index contributed by atoms with van der Waals surface area (Å²) < 4.78 is 11.3. The van der Waals surface area contributed by atoms with Gasteiger partial charge >= 0.3 is 5.97 Å². The van der Waals surface area contributed by atoms with Gasteiger partial charge in [0.2, 0.25) is 0 Å². The van der Waals surface area contributed by atoms with Crippen molar-refractivity contribution >= 4 is 17.5 Å². The number of aliphatic hydroxyl groups excluding tert-OH is 1. The molecule has 2 aromatic rings. The monoisotopic (exact) mass is 477 g/mol. The third-order valence-electron chi connectivity index (χ3n) is 7.66. The van der Waals surface area contributed by atoms with E-state index in [0.717, 1.165) is 47.2 Å². The molecule has 3 atom stereocenters. The molecule has 35 heavy (non-hydrogen) atoms. The van der Waals surface area contributed by atoms with Gasteiger partial charge in [-0.2, -0.15) is 0 Å². The number of likely N-dealkylation sites (tertiary alicyclic amines) is 1. The third-order valence-corrected chi connectivity index (χ3v) is 7.66. The van der Waals surface area contributed by atoms with Gasteiger partial charge in [-0.25, -0.2) is 0 Å². The molecule has 0 amide bonds. The van der Waals surface area contributed by atoms with Gasteiger partial charge in [0.05, 0.1) is 0 Å². The van der Waals surface area contributed by atoms with Gasteiger partial charge in [0.25, 0.3) is 0 Å². The van der Waals surface area contributed by atoms with E-state index in [1.807, 2.05) is 31.0 Å². The first-order valence-corrected chi connectivity index (χ1v) is 12.3. The maximum absolute atomic E-state index is 12.8. The molecule has 1 saturated heterocycles. The fraction of sp³-hybridized carbons (Fsp3) is 0.464. The van der Waals surface area contributed by atoms with Crippen LogP contribution >= 0.6 is 0 Å². The molecule has 1 aliphatic carbocycles. The number of hydrogen-bond donors (Lipinski definition) is 1. The lowest BCUT2D eigenvalue weighted by Gasteiger charge is -2.26. The minimum atomic E-state index is -0.398. The molecular formula is C28H31NO6. The number of aryl methyl sites for hydroxylation is 1. The Kier molecular flexibility index (Phi) is 6.47. The number of esters is 1. The molecule has 5 rings (SSSR count). The number of fused-ring (bicyclic) bond motifs is 4. The molecule has 0 bridgehead atoms. The second-order valence-electron chi connectivity index (χ2n) is 10.1. The highest BCUT2D eigenvalue weighted by molar-refractivity contribution is 6.02. The zero-order valence-corrected chi connectivity index (χ0v) is 20.2. The highest BCUT2D eigenvalue weighted by Crippen LogP contribution is 2.41. The number of nitrogens with zero attached hydrogens (tertiary/aromatic N) is 1. The van der Waals surface area contributed by atoms with Crippen LogP contribution in [0.25, 0.3) is 11.1 Å². The standard InChI is InChI=1S/C28H31NO6/c1-16-3-4-18-11-23-21-6-5-19(10-20(21)14-34-26(23)12-22(18)27(16)32)25(31)15-35-28(33)24-9-17(7-8-30)13-29(24)2/h5-6,10-12,16-17,24,30H,3-4,7-9,13-15H2,1-2H3/t16?,17-,24-/m0/s1. The summed E-state index contributed by atoms with van der Waals surface area (Å²) in [5.41, 5.74) is 5.12. The Hall–Kier alpha value is -3.03. The Labute approximate surface area is 205 Å². The molecule has 0 radical (unpaired) electrons. The van der Waals surface area contributed by atoms with E-state index in [4.69, 9.17) is 14.6 Å². The first-order chi connectivity index (χ1) is 16.9. The number of ether oxygens (including phenoxy) is 2. The lowest BCUT2D eigenvalue weighted by atomic mass is 9.81. The van der Waals surface area contributed by atoms with Gasteiger partial charge in [0.1, 0.15) is 18.4 Å². The number of rotatable bonds is 6. The van der Waals surface area contributed by atoms with Crippen molar-refractivity contribution in [2.75, 3.05) is 26.8 Å². The maximum atomic E-state index is 12.8. The first-order valence-electron chi connectivity index (χ1n) is 12.3. The Morgan fingerprint density at radius 2 is 1.97 bits per heavy atom. The van der Waals surface area contributed by atoms with Crippen LogP contribution in [-0.2, 0) is 22.6 Å². The molecule has 2 aliphatic heterocycles. The van der Waals surface area contributed by atoms with Gasteiger partial charge in [0, 0.05) is 35.8 Å². The number of likely N-dealkylation sites (N-methyl/N-ethyl adjacent to an activating group) is 1. The van der Waals surface area contributed by atoms with E-state index in [1.165, 1.54) is 0 Å². The van der Waals surface area contributed by atoms with Crippen molar-refractivity contribution in [3.63, 3.8) is 0 Å². The molecule has 2 aromatic carbocycles. The Morgan fingerprint density at radius 3 is 2.77 bits per heavy atom. The average molecular weight is 478 g/mol. The van der Waals surface area contributed by atoms with Gasteiger partial charge in [-0.15, -0.1) is 0 Å².